The molecule has 0 radical (unpaired) electrons. The summed E-state index contributed by atoms with van der Waals surface area (Å²) in [6, 6.07) is 0. The van der Waals surface area contributed by atoms with Crippen molar-refractivity contribution in [3.63, 3.8) is 0 Å². The van der Waals surface area contributed by atoms with E-state index in [2.05, 4.69) is 145 Å². The fourth-order valence-corrected chi connectivity index (χ4v) is 21.6. The van der Waals surface area contributed by atoms with Crippen LogP contribution in [0.1, 0.15) is 259 Å². The van der Waals surface area contributed by atoms with Gasteiger partial charge in [0, 0.05) is 25.9 Å². The fraction of sp³-hybridized carbons (Fsp3) is 0.919. The zero-order valence-electron chi connectivity index (χ0n) is 57.2. The van der Waals surface area contributed by atoms with Crippen LogP contribution >= 0.6 is 0 Å². The maximum Gasteiger partial charge on any atom is 0.407 e. The summed E-state index contributed by atoms with van der Waals surface area (Å²) in [4.78, 5) is 27.6. The highest BCUT2D eigenvalue weighted by Gasteiger charge is 2.61. The summed E-state index contributed by atoms with van der Waals surface area (Å²) >= 11 is 0. The van der Waals surface area contributed by atoms with Crippen LogP contribution < -0.4 is 34.6 Å². The smallest absolute Gasteiger partial charge is 0.407 e. The van der Waals surface area contributed by atoms with Gasteiger partial charge in [0.1, 0.15) is 12.2 Å². The molecule has 0 spiro atoms. The maximum absolute atomic E-state index is 12.8. The molecule has 8 rings (SSSR count). The molecule has 0 aromatic heterocycles. The molecule has 0 unspecified atom stereocenters. The van der Waals surface area contributed by atoms with Gasteiger partial charge < -0.3 is 53.5 Å². The Hall–Kier alpha value is -1.33. The highest BCUT2D eigenvalue weighted by Crippen LogP contribution is 2.69. The number of carbonyl (C=O) groups is 2. The number of halogens is 1. The van der Waals surface area contributed by atoms with Crippen LogP contribution in [0, 0.1) is 105 Å². The number of rotatable bonds is 25. The van der Waals surface area contributed by atoms with Crippen LogP contribution in [0.4, 0.5) is 9.59 Å². The molecule has 2 N–H and O–H groups in total. The lowest BCUT2D eigenvalue weighted by atomic mass is 9.47. The number of allylic oxidation sites excluding steroid dienone is 2. The highest BCUT2D eigenvalue weighted by molar-refractivity contribution is 5.67. The Morgan fingerprint density at radius 2 is 0.964 bits per heavy atom. The van der Waals surface area contributed by atoms with E-state index >= 15 is 0 Å². The minimum absolute atomic E-state index is 0. The fourth-order valence-electron chi connectivity index (χ4n) is 21.6. The quantitative estimate of drug-likeness (QED) is 0.0541. The summed E-state index contributed by atoms with van der Waals surface area (Å²) in [5, 5.41) is 6.08. The molecule has 0 heterocycles. The average Bonchev–Trinajstić information content (AvgIpc) is 4.17. The molecule has 0 aromatic carbocycles. The van der Waals surface area contributed by atoms with E-state index in [9.17, 15) is 9.59 Å². The molecule has 6 saturated carbocycles. The van der Waals surface area contributed by atoms with Crippen LogP contribution in [0.15, 0.2) is 23.3 Å². The number of nitrogens with zero attached hydrogens (tertiary/aromatic N) is 2. The first kappa shape index (κ1) is 70.8. The van der Waals surface area contributed by atoms with Crippen LogP contribution in [0.25, 0.3) is 0 Å². The predicted molar refractivity (Wildman–Crippen MR) is 346 cm³/mol. The Labute approximate surface area is 529 Å². The lowest BCUT2D eigenvalue weighted by Gasteiger charge is -2.58. The highest BCUT2D eigenvalue weighted by atomic mass is 127. The molecule has 2 amide bonds. The van der Waals surface area contributed by atoms with Crippen LogP contribution in [-0.4, -0.2) is 92.7 Å². The Morgan fingerprint density at radius 1 is 0.554 bits per heavy atom. The van der Waals surface area contributed by atoms with E-state index in [1.165, 1.54) is 116 Å². The van der Waals surface area contributed by atoms with E-state index in [0.717, 1.165) is 159 Å². The topological polar surface area (TPSA) is 79.9 Å². The maximum atomic E-state index is 12.8. The van der Waals surface area contributed by atoms with Crippen molar-refractivity contribution in [2.24, 2.45) is 105 Å². The number of quaternary nitrogens is 1. The molecule has 8 nitrogen and oxygen atoms in total. The molecule has 8 aliphatic carbocycles. The summed E-state index contributed by atoms with van der Waals surface area (Å²) in [6.45, 7) is 49.9. The van der Waals surface area contributed by atoms with E-state index < -0.39 is 0 Å². The molecule has 0 aromatic rings. The number of fused-ring (bicyclic) bond motifs is 10. The Morgan fingerprint density at radius 3 is 1.34 bits per heavy atom. The van der Waals surface area contributed by atoms with Crippen LogP contribution in [0.2, 0.25) is 0 Å². The van der Waals surface area contributed by atoms with Gasteiger partial charge in [0.15, 0.2) is 0 Å². The third-order valence-corrected chi connectivity index (χ3v) is 27.6. The number of carbonyl (C=O) groups excluding carboxylic acids is 2. The third-order valence-electron chi connectivity index (χ3n) is 27.6. The van der Waals surface area contributed by atoms with Crippen molar-refractivity contribution in [3.05, 3.63) is 23.3 Å². The second-order valence-corrected chi connectivity index (χ2v) is 31.3. The molecular weight excluding hydrogens is 1140 g/mol. The lowest BCUT2D eigenvalue weighted by molar-refractivity contribution is -0.922. The molecule has 0 saturated heterocycles. The standard InChI is InChI=1S/C38H68N2O2.C36H64N2O2.HI/c1-10-29(27(5)6)15-14-28(7)33-18-19-34-32-17-16-30-26-31(20-22-37(30,8)35(32)21-23-38(33,34)9)42-36(41)39-24-25-40(11-2,12-3)13-4;1-9-27(25(4)5)13-12-26(6)31-16-17-32-30-15-14-28-24-29(40-34(39)37-22-23-38(10-2)11-3)18-20-35(28,7)33(30)19-21-36(31,32)8;/h16,27-29,31-35H,10-15,17-26H2,1-9H3;14,25-27,29-33H,9-13,15-24H2,1-8H3,(H,37,39);1H/t28-,29-,31+,32+,33-,34+,35+,37+,38-;26-,27-,29+,30+,31-,32+,33+,35+,36-;/m11./s1. The number of ether oxygens (including phenoxy) is 2. The van der Waals surface area contributed by atoms with Crippen molar-refractivity contribution in [2.75, 3.05) is 58.9 Å². The summed E-state index contributed by atoms with van der Waals surface area (Å²) < 4.78 is 13.0. The van der Waals surface area contributed by atoms with Gasteiger partial charge >= 0.3 is 12.2 Å². The van der Waals surface area contributed by atoms with Crippen molar-refractivity contribution in [1.29, 1.82) is 0 Å². The number of hydrogen-bond donors (Lipinski definition) is 2. The normalized spacial score (nSPS) is 36.0. The van der Waals surface area contributed by atoms with Gasteiger partial charge in [-0.05, 0) is 241 Å². The Kier molecular flexibility index (Phi) is 26.4. The van der Waals surface area contributed by atoms with Crippen molar-refractivity contribution >= 4 is 12.2 Å². The number of hydrogen-bond acceptors (Lipinski definition) is 5. The molecule has 9 heteroatoms. The van der Waals surface area contributed by atoms with Crippen molar-refractivity contribution in [2.45, 2.75) is 271 Å². The molecule has 6 fully saturated rings. The average molecular weight is 1270 g/mol. The number of nitrogens with one attached hydrogen (secondary N) is 2. The van der Waals surface area contributed by atoms with Crippen molar-refractivity contribution in [3.8, 4) is 0 Å². The second-order valence-electron chi connectivity index (χ2n) is 31.3. The van der Waals surface area contributed by atoms with Gasteiger partial charge in [-0.2, -0.15) is 0 Å². The molecule has 18 atom stereocenters. The van der Waals surface area contributed by atoms with Gasteiger partial charge in [-0.3, -0.25) is 0 Å². The summed E-state index contributed by atoms with van der Waals surface area (Å²) in [5.41, 5.74) is 4.88. The first-order valence-corrected chi connectivity index (χ1v) is 35.9. The first-order chi connectivity index (χ1) is 39.0. The summed E-state index contributed by atoms with van der Waals surface area (Å²) in [5.74, 6) is 12.1. The lowest BCUT2D eigenvalue weighted by Crippen LogP contribution is -3.00. The largest absolute Gasteiger partial charge is 1.00 e. The molecular formula is C74H133IN4O4. The van der Waals surface area contributed by atoms with Gasteiger partial charge in [0.2, 0.25) is 0 Å². The SMILES string of the molecule is CC[C@H](CC[C@@H](C)[C@H]1CC[C@H]2[C@@H]3CC=C4C[C@@H](OC(=O)NCCN(CC)CC)CC[C@]4(C)[C@H]3CC[C@]12C)C(C)C.CC[C@H](CC[C@@H](C)[C@H]1CC[C@H]2[C@@H]3CC=C4C[C@@H](OC(=O)NCC[N+](CC)(CC)CC)CC[C@]4(C)[C@H]3CC[C@]12C)C(C)C.[I-]. The molecule has 8 aliphatic rings. The third kappa shape index (κ3) is 15.6. The Balaban J connectivity index is 0.000000264. The van der Waals surface area contributed by atoms with Crippen molar-refractivity contribution < 1.29 is 47.5 Å². The number of amides is 2. The van der Waals surface area contributed by atoms with Crippen molar-refractivity contribution in [1.82, 2.24) is 15.5 Å². The number of alkyl carbamates (subject to hydrolysis) is 2. The van der Waals surface area contributed by atoms with Gasteiger partial charge in [0.05, 0.1) is 32.7 Å². The zero-order chi connectivity index (χ0) is 59.8. The number of likely N-dealkylation sites (N-methyl/N-ethyl adjacent to an activating group) is 2. The van der Waals surface area contributed by atoms with E-state index in [1.807, 2.05) is 0 Å². The van der Waals surface area contributed by atoms with E-state index in [4.69, 9.17) is 9.47 Å². The second kappa shape index (κ2) is 30.9. The summed E-state index contributed by atoms with van der Waals surface area (Å²) in [6.07, 6.45) is 33.4. The molecule has 83 heavy (non-hydrogen) atoms. The molecule has 480 valence electrons. The van der Waals surface area contributed by atoms with Crippen LogP contribution in [0.5, 0.6) is 0 Å². The Bertz CT molecular complexity index is 2080. The monoisotopic (exact) mass is 1270 g/mol. The molecule has 0 bridgehead atoms. The zero-order valence-corrected chi connectivity index (χ0v) is 59.4. The molecule has 0 aliphatic heterocycles. The van der Waals surface area contributed by atoms with Crippen LogP contribution in [0.3, 0.4) is 0 Å². The van der Waals surface area contributed by atoms with Gasteiger partial charge in [-0.1, -0.05) is 146 Å². The first-order valence-electron chi connectivity index (χ1n) is 35.9. The van der Waals surface area contributed by atoms with Crippen LogP contribution in [-0.2, 0) is 9.47 Å². The minimum atomic E-state index is -0.228. The van der Waals surface area contributed by atoms with E-state index in [0.29, 0.717) is 34.7 Å². The minimum Gasteiger partial charge on any atom is -1.00 e. The van der Waals surface area contributed by atoms with Gasteiger partial charge in [0.25, 0.3) is 0 Å². The van der Waals surface area contributed by atoms with Gasteiger partial charge in [-0.25, -0.2) is 9.59 Å². The van der Waals surface area contributed by atoms with E-state index in [1.54, 1.807) is 11.1 Å². The van der Waals surface area contributed by atoms with Gasteiger partial charge in [-0.15, -0.1) is 0 Å². The summed E-state index contributed by atoms with van der Waals surface area (Å²) in [7, 11) is 0. The predicted octanol–water partition coefficient (Wildman–Crippen LogP) is 15.7. The van der Waals surface area contributed by atoms with E-state index in [-0.39, 0.29) is 48.4 Å².